The van der Waals surface area contributed by atoms with Crippen LogP contribution in [0, 0.1) is 11.7 Å². The minimum atomic E-state index is -5.08. The first-order valence-corrected chi connectivity index (χ1v) is 12.9. The van der Waals surface area contributed by atoms with E-state index in [1.165, 1.54) is 12.3 Å². The first kappa shape index (κ1) is 41.3. The number of likely N-dealkylation sites (N-methyl/N-ethyl adjacent to an activating group) is 1. The summed E-state index contributed by atoms with van der Waals surface area (Å²) in [6, 6.07) is 6.40. The molecular weight excluding hydrogens is 686 g/mol. The molecule has 0 aliphatic carbocycles. The van der Waals surface area contributed by atoms with Crippen molar-refractivity contribution < 1.29 is 83.1 Å². The van der Waals surface area contributed by atoms with Gasteiger partial charge in [-0.3, -0.25) is 14.7 Å². The van der Waals surface area contributed by atoms with Crippen LogP contribution >= 0.6 is 0 Å². The van der Waals surface area contributed by atoms with Gasteiger partial charge in [-0.05, 0) is 56.6 Å². The molecule has 48 heavy (non-hydrogen) atoms. The number of halogens is 10. The number of ether oxygens (including phenoxy) is 1. The van der Waals surface area contributed by atoms with Crippen LogP contribution in [0.25, 0.3) is 0 Å². The Morgan fingerprint density at radius 2 is 1.31 bits per heavy atom. The fraction of sp³-hybridized carbons (Fsp3) is 0.462. The number of aromatic nitrogens is 2. The van der Waals surface area contributed by atoms with E-state index in [0.29, 0.717) is 31.2 Å². The highest BCUT2D eigenvalue weighted by atomic mass is 19.4. The minimum absolute atomic E-state index is 0.0162. The van der Waals surface area contributed by atoms with Gasteiger partial charge in [0.1, 0.15) is 0 Å². The second-order valence-electron chi connectivity index (χ2n) is 9.91. The van der Waals surface area contributed by atoms with Crippen LogP contribution in [-0.4, -0.2) is 116 Å². The lowest BCUT2D eigenvalue weighted by Crippen LogP contribution is -2.72. The summed E-state index contributed by atoms with van der Waals surface area (Å²) in [6.45, 7) is 2.80. The highest BCUT2D eigenvalue weighted by Crippen LogP contribution is 2.39. The molecule has 4 heterocycles. The number of carbonyl (C=O) groups excluding carboxylic acids is 1. The summed E-state index contributed by atoms with van der Waals surface area (Å²) in [6.07, 6.45) is -8.52. The van der Waals surface area contributed by atoms with Gasteiger partial charge >= 0.3 is 36.4 Å². The molecule has 2 aliphatic heterocycles. The summed E-state index contributed by atoms with van der Waals surface area (Å²) in [4.78, 5) is 51.4. The molecule has 3 N–H and O–H groups in total. The molecule has 1 atom stereocenters. The van der Waals surface area contributed by atoms with Gasteiger partial charge in [0.15, 0.2) is 5.82 Å². The number of pyridine rings is 2. The third-order valence-corrected chi connectivity index (χ3v) is 6.44. The lowest BCUT2D eigenvalue weighted by molar-refractivity contribution is -0.193. The Hall–Kier alpha value is -4.76. The van der Waals surface area contributed by atoms with Gasteiger partial charge in [0.05, 0.1) is 12.1 Å². The lowest BCUT2D eigenvalue weighted by Gasteiger charge is -2.58. The van der Waals surface area contributed by atoms with E-state index in [9.17, 15) is 48.7 Å². The van der Waals surface area contributed by atoms with Crippen molar-refractivity contribution in [1.29, 1.82) is 0 Å². The van der Waals surface area contributed by atoms with Crippen molar-refractivity contribution in [3.8, 4) is 5.88 Å². The van der Waals surface area contributed by atoms with Crippen molar-refractivity contribution >= 4 is 23.8 Å². The largest absolute Gasteiger partial charge is 0.490 e. The topological polar surface area (TPSA) is 170 Å². The van der Waals surface area contributed by atoms with E-state index < -0.39 is 42.3 Å². The van der Waals surface area contributed by atoms with Gasteiger partial charge in [0.2, 0.25) is 5.88 Å². The van der Waals surface area contributed by atoms with Crippen molar-refractivity contribution in [3.05, 3.63) is 54.2 Å². The maximum Gasteiger partial charge on any atom is 0.490 e. The number of amides is 1. The monoisotopic (exact) mass is 712 g/mol. The van der Waals surface area contributed by atoms with Gasteiger partial charge < -0.3 is 25.0 Å². The van der Waals surface area contributed by atoms with E-state index in [0.717, 1.165) is 19.4 Å². The molecule has 1 amide bonds. The molecule has 0 radical (unpaired) electrons. The Balaban J connectivity index is 0.000000448. The summed E-state index contributed by atoms with van der Waals surface area (Å²) in [7, 11) is 2.11. The predicted octanol–water partition coefficient (Wildman–Crippen LogP) is 4.13. The minimum Gasteiger partial charge on any atom is -0.475 e. The highest BCUT2D eigenvalue weighted by molar-refractivity contribution is 5.94. The molecule has 1 unspecified atom stereocenters. The fourth-order valence-electron chi connectivity index (χ4n) is 4.08. The zero-order valence-electron chi connectivity index (χ0n) is 24.3. The maximum absolute atomic E-state index is 13.7. The number of piperidine rings is 1. The standard InChI is InChI=1S/C20H23FN4O2.3C2HF3O2/c1-24-10-6-15(12-27-18-17(21)3-2-7-23-18)11-20(24)13-25(14-20)19(26)16-4-8-22-9-5-16;3*3-2(4,5)1(6)7/h2-5,7-9,15H,6,10-14H2,1H3;3*(H,6,7). The zero-order chi connectivity index (χ0) is 37.1. The zero-order valence-corrected chi connectivity index (χ0v) is 24.3. The number of alkyl halides is 9. The molecule has 22 heteroatoms. The van der Waals surface area contributed by atoms with Crippen LogP contribution in [0.4, 0.5) is 43.9 Å². The number of rotatable bonds is 4. The Bertz CT molecular complexity index is 1330. The van der Waals surface area contributed by atoms with Crippen LogP contribution < -0.4 is 4.74 Å². The summed E-state index contributed by atoms with van der Waals surface area (Å²) in [5, 5.41) is 21.4. The second-order valence-corrected chi connectivity index (χ2v) is 9.91. The number of nitrogens with zero attached hydrogens (tertiary/aromatic N) is 4. The van der Waals surface area contributed by atoms with Crippen LogP contribution in [0.5, 0.6) is 5.88 Å². The van der Waals surface area contributed by atoms with Gasteiger partial charge in [-0.1, -0.05) is 0 Å². The normalized spacial score (nSPS) is 17.1. The molecule has 1 spiro atoms. The van der Waals surface area contributed by atoms with E-state index in [4.69, 9.17) is 34.4 Å². The number of aliphatic carboxylic acids is 3. The number of carbonyl (C=O) groups is 4. The number of hydrogen-bond donors (Lipinski definition) is 3. The molecule has 268 valence electrons. The Labute approximate surface area is 263 Å². The smallest absolute Gasteiger partial charge is 0.475 e. The van der Waals surface area contributed by atoms with Gasteiger partial charge in [0, 0.05) is 37.2 Å². The summed E-state index contributed by atoms with van der Waals surface area (Å²) in [5.41, 5.74) is 0.654. The lowest BCUT2D eigenvalue weighted by atomic mass is 9.75. The third-order valence-electron chi connectivity index (χ3n) is 6.44. The summed E-state index contributed by atoms with van der Waals surface area (Å²) < 4.78 is 115. The number of likely N-dealkylation sites (tertiary alicyclic amines) is 2. The average molecular weight is 712 g/mol. The molecular formula is C26H26F10N4O8. The van der Waals surface area contributed by atoms with E-state index in [-0.39, 0.29) is 17.3 Å². The molecule has 2 aromatic heterocycles. The Morgan fingerprint density at radius 3 is 1.73 bits per heavy atom. The molecule has 2 fully saturated rings. The summed E-state index contributed by atoms with van der Waals surface area (Å²) >= 11 is 0. The Morgan fingerprint density at radius 1 is 0.854 bits per heavy atom. The van der Waals surface area contributed by atoms with Crippen LogP contribution in [-0.2, 0) is 14.4 Å². The van der Waals surface area contributed by atoms with Crippen LogP contribution in [0.1, 0.15) is 23.2 Å². The van der Waals surface area contributed by atoms with Gasteiger partial charge in [0.25, 0.3) is 5.91 Å². The van der Waals surface area contributed by atoms with E-state index in [1.807, 2.05) is 4.90 Å². The SMILES string of the molecule is CN1CCC(COc2ncccc2F)CC12CN(C(=O)c1ccncc1)C2.O=C(O)C(F)(F)F.O=C(O)C(F)(F)F.O=C(O)C(F)(F)F. The van der Waals surface area contributed by atoms with Crippen molar-refractivity contribution in [2.45, 2.75) is 36.9 Å². The van der Waals surface area contributed by atoms with Gasteiger partial charge in [-0.15, -0.1) is 0 Å². The fourth-order valence-corrected chi connectivity index (χ4v) is 4.08. The molecule has 12 nitrogen and oxygen atoms in total. The van der Waals surface area contributed by atoms with Gasteiger partial charge in [-0.2, -0.15) is 39.5 Å². The maximum atomic E-state index is 13.7. The predicted molar refractivity (Wildman–Crippen MR) is 139 cm³/mol. The van der Waals surface area contributed by atoms with Crippen LogP contribution in [0.2, 0.25) is 0 Å². The van der Waals surface area contributed by atoms with E-state index >= 15 is 0 Å². The van der Waals surface area contributed by atoms with Crippen LogP contribution in [0.15, 0.2) is 42.9 Å². The van der Waals surface area contributed by atoms with Crippen molar-refractivity contribution in [1.82, 2.24) is 19.8 Å². The summed E-state index contributed by atoms with van der Waals surface area (Å²) in [5.74, 6) is -8.27. The number of carboxylic acid groups (broad SMARTS) is 3. The van der Waals surface area contributed by atoms with Crippen LogP contribution in [0.3, 0.4) is 0 Å². The molecule has 0 aromatic carbocycles. The first-order valence-electron chi connectivity index (χ1n) is 12.9. The quantitative estimate of drug-likeness (QED) is 0.390. The second kappa shape index (κ2) is 16.9. The van der Waals surface area contributed by atoms with Crippen molar-refractivity contribution in [2.75, 3.05) is 33.3 Å². The van der Waals surface area contributed by atoms with E-state index in [1.54, 1.807) is 30.6 Å². The molecule has 2 saturated heterocycles. The first-order chi connectivity index (χ1) is 21.9. The number of carboxylic acids is 3. The van der Waals surface area contributed by atoms with Gasteiger partial charge in [-0.25, -0.2) is 23.8 Å². The van der Waals surface area contributed by atoms with Crippen molar-refractivity contribution in [3.63, 3.8) is 0 Å². The number of hydrogen-bond acceptors (Lipinski definition) is 8. The van der Waals surface area contributed by atoms with E-state index in [2.05, 4.69) is 21.9 Å². The third kappa shape index (κ3) is 13.2. The highest BCUT2D eigenvalue weighted by Gasteiger charge is 2.51. The Kier molecular flexibility index (Phi) is 14.5. The van der Waals surface area contributed by atoms with Crippen molar-refractivity contribution in [2.24, 2.45) is 5.92 Å². The molecule has 2 aliphatic rings. The molecule has 0 bridgehead atoms. The average Bonchev–Trinajstić information content (AvgIpc) is 2.96. The molecule has 4 rings (SSSR count). The molecule has 2 aromatic rings. The molecule has 0 saturated carbocycles.